The number of piperidine rings is 1. The molecule has 2 aliphatic rings. The first-order chi connectivity index (χ1) is 11.5. The number of carbonyl (C=O) groups excluding carboxylic acids is 1. The molecule has 0 spiro atoms. The number of aromatic nitrogens is 1. The van der Waals surface area contributed by atoms with Gasteiger partial charge in [-0.25, -0.2) is 0 Å². The molecule has 1 aromatic heterocycles. The van der Waals surface area contributed by atoms with Crippen molar-refractivity contribution in [3.05, 3.63) is 29.6 Å². The van der Waals surface area contributed by atoms with Crippen molar-refractivity contribution >= 4 is 5.91 Å². The lowest BCUT2D eigenvalue weighted by atomic mass is 9.89. The van der Waals surface area contributed by atoms with Gasteiger partial charge in [0.05, 0.1) is 13.2 Å². The van der Waals surface area contributed by atoms with Crippen molar-refractivity contribution < 1.29 is 9.53 Å². The standard InChI is InChI=1S/C19H29N3O2/c1-19(13-24-14-19)12-20-18(23)9-8-16-6-3-7-17(21-16)15-5-4-10-22(2)11-15/h3,6-7,15H,4-5,8-14H2,1-2H3,(H,20,23)/t15-/m0/s1. The predicted octanol–water partition coefficient (Wildman–Crippen LogP) is 1.98. The average molecular weight is 331 g/mol. The van der Waals surface area contributed by atoms with Crippen LogP contribution in [-0.4, -0.2) is 55.7 Å². The van der Waals surface area contributed by atoms with Crippen molar-refractivity contribution in [2.24, 2.45) is 5.41 Å². The van der Waals surface area contributed by atoms with Gasteiger partial charge in [0.25, 0.3) is 0 Å². The van der Waals surface area contributed by atoms with Crippen LogP contribution in [0.4, 0.5) is 0 Å². The van der Waals surface area contributed by atoms with Crippen molar-refractivity contribution in [1.29, 1.82) is 0 Å². The minimum atomic E-state index is 0.104. The van der Waals surface area contributed by atoms with Crippen molar-refractivity contribution in [2.75, 3.05) is 39.9 Å². The summed E-state index contributed by atoms with van der Waals surface area (Å²) in [6.07, 6.45) is 3.65. The van der Waals surface area contributed by atoms with Gasteiger partial charge in [0.1, 0.15) is 0 Å². The van der Waals surface area contributed by atoms with E-state index >= 15 is 0 Å². The molecule has 5 heteroatoms. The van der Waals surface area contributed by atoms with E-state index in [0.717, 1.165) is 25.5 Å². The SMILES string of the molecule is CN1CCC[C@H](c2cccc(CCC(=O)NCC3(C)COC3)n2)C1. The second kappa shape index (κ2) is 7.62. The number of amides is 1. The molecule has 0 radical (unpaired) electrons. The van der Waals surface area contributed by atoms with Crippen LogP contribution in [-0.2, 0) is 16.0 Å². The summed E-state index contributed by atoms with van der Waals surface area (Å²) in [4.78, 5) is 19.2. The zero-order valence-corrected chi connectivity index (χ0v) is 14.9. The Bertz CT molecular complexity index is 571. The number of nitrogens with zero attached hydrogens (tertiary/aromatic N) is 2. The Morgan fingerprint density at radius 1 is 1.46 bits per heavy atom. The van der Waals surface area contributed by atoms with Gasteiger partial charge in [-0.05, 0) is 45.0 Å². The number of carbonyl (C=O) groups is 1. The van der Waals surface area contributed by atoms with Gasteiger partial charge in [-0.3, -0.25) is 9.78 Å². The van der Waals surface area contributed by atoms with Gasteiger partial charge in [-0.15, -0.1) is 0 Å². The number of nitrogens with one attached hydrogen (secondary N) is 1. The van der Waals surface area contributed by atoms with Gasteiger partial charge in [0, 0.05) is 42.2 Å². The monoisotopic (exact) mass is 331 g/mol. The van der Waals surface area contributed by atoms with Crippen LogP contribution in [0.25, 0.3) is 0 Å². The maximum Gasteiger partial charge on any atom is 0.220 e. The van der Waals surface area contributed by atoms with Crippen molar-refractivity contribution in [2.45, 2.75) is 38.5 Å². The maximum atomic E-state index is 12.0. The molecule has 1 aromatic rings. The molecule has 1 atom stereocenters. The minimum absolute atomic E-state index is 0.104. The molecule has 0 aromatic carbocycles. The van der Waals surface area contributed by atoms with Crippen LogP contribution < -0.4 is 5.32 Å². The van der Waals surface area contributed by atoms with Crippen molar-refractivity contribution in [3.8, 4) is 0 Å². The number of pyridine rings is 1. The maximum absolute atomic E-state index is 12.0. The van der Waals surface area contributed by atoms with Gasteiger partial charge < -0.3 is 15.0 Å². The molecule has 3 heterocycles. The van der Waals surface area contributed by atoms with Crippen LogP contribution in [0.15, 0.2) is 18.2 Å². The third-order valence-electron chi connectivity index (χ3n) is 5.09. The van der Waals surface area contributed by atoms with E-state index in [4.69, 9.17) is 9.72 Å². The fraction of sp³-hybridized carbons (Fsp3) is 0.684. The summed E-state index contributed by atoms with van der Waals surface area (Å²) in [6.45, 7) is 6.59. The van der Waals surface area contributed by atoms with Crippen molar-refractivity contribution in [1.82, 2.24) is 15.2 Å². The summed E-state index contributed by atoms with van der Waals surface area (Å²) < 4.78 is 5.21. The molecule has 1 N–H and O–H groups in total. The number of aryl methyl sites for hydroxylation is 1. The van der Waals surface area contributed by atoms with E-state index in [1.807, 2.05) is 6.07 Å². The first-order valence-corrected chi connectivity index (χ1v) is 9.03. The van der Waals surface area contributed by atoms with Crippen LogP contribution in [0.3, 0.4) is 0 Å². The molecule has 0 aliphatic carbocycles. The van der Waals surface area contributed by atoms with Gasteiger partial charge in [-0.1, -0.05) is 13.0 Å². The summed E-state index contributed by atoms with van der Waals surface area (Å²) in [7, 11) is 2.17. The quantitative estimate of drug-likeness (QED) is 0.866. The summed E-state index contributed by atoms with van der Waals surface area (Å²) in [5, 5.41) is 3.03. The fourth-order valence-corrected chi connectivity index (χ4v) is 3.47. The van der Waals surface area contributed by atoms with Crippen LogP contribution in [0.5, 0.6) is 0 Å². The Morgan fingerprint density at radius 3 is 3.00 bits per heavy atom. The lowest BCUT2D eigenvalue weighted by Crippen LogP contribution is -2.48. The second-order valence-corrected chi connectivity index (χ2v) is 7.74. The second-order valence-electron chi connectivity index (χ2n) is 7.74. The highest BCUT2D eigenvalue weighted by atomic mass is 16.5. The average Bonchev–Trinajstić information content (AvgIpc) is 2.57. The van der Waals surface area contributed by atoms with E-state index in [-0.39, 0.29) is 11.3 Å². The van der Waals surface area contributed by atoms with E-state index in [1.165, 1.54) is 25.1 Å². The van der Waals surface area contributed by atoms with Crippen molar-refractivity contribution in [3.63, 3.8) is 0 Å². The van der Waals surface area contributed by atoms with Gasteiger partial charge >= 0.3 is 0 Å². The molecule has 132 valence electrons. The Balaban J connectivity index is 1.48. The Morgan fingerprint density at radius 2 is 2.29 bits per heavy atom. The smallest absolute Gasteiger partial charge is 0.220 e. The van der Waals surface area contributed by atoms with E-state index in [2.05, 4.69) is 36.3 Å². The molecule has 2 fully saturated rings. The number of likely N-dealkylation sites (N-methyl/N-ethyl adjacent to an activating group) is 1. The zero-order valence-electron chi connectivity index (χ0n) is 14.9. The third kappa shape index (κ3) is 4.54. The van der Waals surface area contributed by atoms with Crippen LogP contribution in [0.1, 0.15) is 43.5 Å². The van der Waals surface area contributed by atoms with Gasteiger partial charge in [-0.2, -0.15) is 0 Å². The largest absolute Gasteiger partial charge is 0.380 e. The fourth-order valence-electron chi connectivity index (χ4n) is 3.47. The summed E-state index contributed by atoms with van der Waals surface area (Å²) >= 11 is 0. The molecule has 2 saturated heterocycles. The molecule has 0 unspecified atom stereocenters. The number of hydrogen-bond acceptors (Lipinski definition) is 4. The highest BCUT2D eigenvalue weighted by Gasteiger charge is 2.33. The van der Waals surface area contributed by atoms with Crippen LogP contribution in [0, 0.1) is 5.41 Å². The van der Waals surface area contributed by atoms with Crippen LogP contribution >= 0.6 is 0 Å². The lowest BCUT2D eigenvalue weighted by Gasteiger charge is -2.38. The Hall–Kier alpha value is -1.46. The van der Waals surface area contributed by atoms with E-state index in [9.17, 15) is 4.79 Å². The molecule has 3 rings (SSSR count). The molecule has 0 saturated carbocycles. The van der Waals surface area contributed by atoms with E-state index in [1.54, 1.807) is 0 Å². The lowest BCUT2D eigenvalue weighted by molar-refractivity contribution is -0.126. The Labute approximate surface area is 144 Å². The first-order valence-electron chi connectivity index (χ1n) is 9.03. The normalized spacial score (nSPS) is 23.5. The molecule has 24 heavy (non-hydrogen) atoms. The third-order valence-corrected chi connectivity index (χ3v) is 5.09. The molecule has 5 nitrogen and oxygen atoms in total. The highest BCUT2D eigenvalue weighted by molar-refractivity contribution is 5.76. The molecular formula is C19H29N3O2. The van der Waals surface area contributed by atoms with Gasteiger partial charge in [0.2, 0.25) is 5.91 Å². The Kier molecular flexibility index (Phi) is 5.51. The summed E-state index contributed by atoms with van der Waals surface area (Å²) in [5.74, 6) is 0.629. The summed E-state index contributed by atoms with van der Waals surface area (Å²) in [5.41, 5.74) is 2.33. The molecular weight excluding hydrogens is 302 g/mol. The zero-order chi connectivity index (χ0) is 17.0. The first kappa shape index (κ1) is 17.4. The number of likely N-dealkylation sites (tertiary alicyclic amines) is 1. The number of rotatable bonds is 6. The van der Waals surface area contributed by atoms with Gasteiger partial charge in [0.15, 0.2) is 0 Å². The topological polar surface area (TPSA) is 54.5 Å². The summed E-state index contributed by atoms with van der Waals surface area (Å²) in [6, 6.07) is 6.24. The molecule has 1 amide bonds. The predicted molar refractivity (Wildman–Crippen MR) is 94.0 cm³/mol. The molecule has 0 bridgehead atoms. The van der Waals surface area contributed by atoms with Crippen LogP contribution in [0.2, 0.25) is 0 Å². The van der Waals surface area contributed by atoms with E-state index < -0.39 is 0 Å². The minimum Gasteiger partial charge on any atom is -0.380 e. The number of hydrogen-bond donors (Lipinski definition) is 1. The highest BCUT2D eigenvalue weighted by Crippen LogP contribution is 2.26. The molecule has 2 aliphatic heterocycles. The van der Waals surface area contributed by atoms with E-state index in [0.29, 0.717) is 25.3 Å². The number of ether oxygens (including phenoxy) is 1.